The van der Waals surface area contributed by atoms with Crippen LogP contribution in [-0.4, -0.2) is 0 Å². The molecule has 0 bridgehead atoms. The van der Waals surface area contributed by atoms with Crippen molar-refractivity contribution in [2.24, 2.45) is 0 Å². The van der Waals surface area contributed by atoms with Gasteiger partial charge in [-0.1, -0.05) is 45.7 Å². The van der Waals surface area contributed by atoms with E-state index in [9.17, 15) is 0 Å². The summed E-state index contributed by atoms with van der Waals surface area (Å²) in [5, 5.41) is 2.86. The molecule has 0 amide bonds. The van der Waals surface area contributed by atoms with E-state index in [-0.39, 0.29) is 4.83 Å². The molecule has 1 heterocycles. The number of thiophene rings is 1. The fraction of sp³-hybridized carbons (Fsp3) is 0.0909. The van der Waals surface area contributed by atoms with Gasteiger partial charge in [-0.25, -0.2) is 0 Å². The molecule has 2 aromatic rings. The van der Waals surface area contributed by atoms with Crippen LogP contribution in [0.25, 0.3) is 0 Å². The Morgan fingerprint density at radius 2 is 2.07 bits per heavy atom. The van der Waals surface area contributed by atoms with Gasteiger partial charge >= 0.3 is 0 Å². The van der Waals surface area contributed by atoms with E-state index in [0.717, 1.165) is 5.02 Å². The molecule has 1 atom stereocenters. The first-order valence-electron chi connectivity index (χ1n) is 4.20. The van der Waals surface area contributed by atoms with E-state index in [1.165, 1.54) is 10.4 Å². The maximum atomic E-state index is 5.93. The third-order valence-corrected chi connectivity index (χ3v) is 4.43. The third kappa shape index (κ3) is 2.19. The number of hydrogen-bond acceptors (Lipinski definition) is 1. The van der Waals surface area contributed by atoms with Crippen molar-refractivity contribution in [1.29, 1.82) is 0 Å². The van der Waals surface area contributed by atoms with E-state index in [0.29, 0.717) is 0 Å². The molecule has 1 aromatic heterocycles. The summed E-state index contributed by atoms with van der Waals surface area (Å²) in [7, 11) is 0. The van der Waals surface area contributed by atoms with Gasteiger partial charge in [-0.05, 0) is 29.1 Å². The molecule has 0 nitrogen and oxygen atoms in total. The molecule has 0 fully saturated rings. The van der Waals surface area contributed by atoms with Gasteiger partial charge in [-0.15, -0.1) is 11.3 Å². The Hall–Kier alpha value is -0.310. The predicted molar refractivity (Wildman–Crippen MR) is 66.5 cm³/mol. The van der Waals surface area contributed by atoms with Crippen LogP contribution in [-0.2, 0) is 0 Å². The molecule has 0 aliphatic carbocycles. The van der Waals surface area contributed by atoms with Gasteiger partial charge in [-0.2, -0.15) is 0 Å². The Morgan fingerprint density at radius 3 is 2.71 bits per heavy atom. The first kappa shape index (κ1) is 10.2. The SMILES string of the molecule is Clc1cccc(C(Br)c2cccs2)c1. The minimum Gasteiger partial charge on any atom is -0.147 e. The Balaban J connectivity index is 2.32. The third-order valence-electron chi connectivity index (χ3n) is 1.93. The second-order valence-corrected chi connectivity index (χ2v) is 5.26. The maximum absolute atomic E-state index is 5.93. The Morgan fingerprint density at radius 1 is 1.21 bits per heavy atom. The summed E-state index contributed by atoms with van der Waals surface area (Å²) >= 11 is 11.3. The average molecular weight is 288 g/mol. The molecule has 0 N–H and O–H groups in total. The molecule has 0 aliphatic heterocycles. The molecule has 0 radical (unpaired) electrons. The molecular formula is C11H8BrClS. The molecule has 1 aromatic carbocycles. The van der Waals surface area contributed by atoms with Crippen LogP contribution in [0.3, 0.4) is 0 Å². The zero-order valence-corrected chi connectivity index (χ0v) is 10.4. The molecule has 1 unspecified atom stereocenters. The second kappa shape index (κ2) is 4.47. The summed E-state index contributed by atoms with van der Waals surface area (Å²) in [4.78, 5) is 1.55. The minimum absolute atomic E-state index is 0.251. The van der Waals surface area contributed by atoms with Crippen LogP contribution in [0.4, 0.5) is 0 Å². The van der Waals surface area contributed by atoms with Crippen molar-refractivity contribution in [2.45, 2.75) is 4.83 Å². The van der Waals surface area contributed by atoms with Crippen molar-refractivity contribution in [3.8, 4) is 0 Å². The van der Waals surface area contributed by atoms with E-state index in [2.05, 4.69) is 39.5 Å². The summed E-state index contributed by atoms with van der Waals surface area (Å²) in [6, 6.07) is 12.1. The Bertz CT molecular complexity index is 411. The fourth-order valence-electron chi connectivity index (χ4n) is 1.26. The molecule has 72 valence electrons. The molecule has 2 rings (SSSR count). The second-order valence-electron chi connectivity index (χ2n) is 2.93. The summed E-state index contributed by atoms with van der Waals surface area (Å²) < 4.78 is 0. The van der Waals surface area contributed by atoms with Crippen LogP contribution >= 0.6 is 38.9 Å². The summed E-state index contributed by atoms with van der Waals surface area (Å²) in [6.07, 6.45) is 0. The Labute approximate surface area is 101 Å². The van der Waals surface area contributed by atoms with Gasteiger partial charge in [0.05, 0.1) is 4.83 Å². The normalized spacial score (nSPS) is 12.7. The van der Waals surface area contributed by atoms with E-state index in [4.69, 9.17) is 11.6 Å². The minimum atomic E-state index is 0.251. The van der Waals surface area contributed by atoms with Crippen LogP contribution in [0.2, 0.25) is 5.02 Å². The van der Waals surface area contributed by atoms with Crippen molar-refractivity contribution < 1.29 is 0 Å². The molecule has 0 saturated heterocycles. The first-order chi connectivity index (χ1) is 6.77. The monoisotopic (exact) mass is 286 g/mol. The molecular weight excluding hydrogens is 280 g/mol. The van der Waals surface area contributed by atoms with Gasteiger partial charge in [-0.3, -0.25) is 0 Å². The number of halogens is 2. The lowest BCUT2D eigenvalue weighted by molar-refractivity contribution is 1.23. The van der Waals surface area contributed by atoms with Crippen LogP contribution < -0.4 is 0 Å². The van der Waals surface area contributed by atoms with Gasteiger partial charge in [0.2, 0.25) is 0 Å². The Kier molecular flexibility index (Phi) is 3.26. The lowest BCUT2D eigenvalue weighted by Gasteiger charge is -2.07. The fourth-order valence-corrected chi connectivity index (χ4v) is 2.95. The first-order valence-corrected chi connectivity index (χ1v) is 6.37. The topological polar surface area (TPSA) is 0 Å². The van der Waals surface area contributed by atoms with E-state index < -0.39 is 0 Å². The average Bonchev–Trinajstić information content (AvgIpc) is 2.69. The highest BCUT2D eigenvalue weighted by Gasteiger charge is 2.10. The molecule has 3 heteroatoms. The van der Waals surface area contributed by atoms with Crippen molar-refractivity contribution in [3.63, 3.8) is 0 Å². The number of hydrogen-bond donors (Lipinski definition) is 0. The largest absolute Gasteiger partial charge is 0.147 e. The lowest BCUT2D eigenvalue weighted by atomic mass is 10.1. The quantitative estimate of drug-likeness (QED) is 0.690. The van der Waals surface area contributed by atoms with Crippen molar-refractivity contribution in [3.05, 3.63) is 57.2 Å². The van der Waals surface area contributed by atoms with Crippen LogP contribution in [0.15, 0.2) is 41.8 Å². The molecule has 0 saturated carbocycles. The highest BCUT2D eigenvalue weighted by atomic mass is 79.9. The van der Waals surface area contributed by atoms with Crippen LogP contribution in [0.5, 0.6) is 0 Å². The van der Waals surface area contributed by atoms with E-state index in [1.54, 1.807) is 11.3 Å². The van der Waals surface area contributed by atoms with Crippen molar-refractivity contribution in [1.82, 2.24) is 0 Å². The summed E-state index contributed by atoms with van der Waals surface area (Å²) in [5.41, 5.74) is 1.19. The van der Waals surface area contributed by atoms with E-state index >= 15 is 0 Å². The van der Waals surface area contributed by atoms with Crippen molar-refractivity contribution >= 4 is 38.9 Å². The van der Waals surface area contributed by atoms with E-state index in [1.807, 2.05) is 18.2 Å². The standard InChI is InChI=1S/C11H8BrClS/c12-11(10-5-2-6-14-10)8-3-1-4-9(13)7-8/h1-7,11H. The van der Waals surface area contributed by atoms with Gasteiger partial charge in [0.1, 0.15) is 0 Å². The van der Waals surface area contributed by atoms with Crippen LogP contribution in [0.1, 0.15) is 15.3 Å². The smallest absolute Gasteiger partial charge is 0.0738 e. The zero-order chi connectivity index (χ0) is 9.97. The van der Waals surface area contributed by atoms with Gasteiger partial charge in [0.25, 0.3) is 0 Å². The maximum Gasteiger partial charge on any atom is 0.0738 e. The zero-order valence-electron chi connectivity index (χ0n) is 7.28. The van der Waals surface area contributed by atoms with Gasteiger partial charge in [0.15, 0.2) is 0 Å². The summed E-state index contributed by atoms with van der Waals surface area (Å²) in [6.45, 7) is 0. The molecule has 0 spiro atoms. The predicted octanol–water partition coefficient (Wildman–Crippen LogP) is 4.89. The molecule has 0 aliphatic rings. The molecule has 14 heavy (non-hydrogen) atoms. The summed E-state index contributed by atoms with van der Waals surface area (Å²) in [5.74, 6) is 0. The van der Waals surface area contributed by atoms with Crippen molar-refractivity contribution in [2.75, 3.05) is 0 Å². The highest BCUT2D eigenvalue weighted by molar-refractivity contribution is 9.09. The lowest BCUT2D eigenvalue weighted by Crippen LogP contribution is -1.88. The van der Waals surface area contributed by atoms with Gasteiger partial charge in [0, 0.05) is 9.90 Å². The number of benzene rings is 1. The van der Waals surface area contributed by atoms with Crippen LogP contribution in [0, 0.1) is 0 Å². The number of rotatable bonds is 2. The van der Waals surface area contributed by atoms with Gasteiger partial charge < -0.3 is 0 Å². The number of alkyl halides is 1. The highest BCUT2D eigenvalue weighted by Crippen LogP contribution is 2.34.